The second kappa shape index (κ2) is 9.86. The highest BCUT2D eigenvalue weighted by molar-refractivity contribution is 6.35. The van der Waals surface area contributed by atoms with Crippen LogP contribution in [0.2, 0.25) is 5.02 Å². The van der Waals surface area contributed by atoms with E-state index in [-0.39, 0.29) is 5.60 Å². The molecule has 1 heterocycles. The molecular formula is C24H34ClN3O3. The number of methoxy groups -OCH3 is 1. The van der Waals surface area contributed by atoms with Crippen molar-refractivity contribution in [3.05, 3.63) is 46.9 Å². The molecule has 170 valence electrons. The Kier molecular flexibility index (Phi) is 7.42. The summed E-state index contributed by atoms with van der Waals surface area (Å²) in [4.78, 5) is 13.7. The van der Waals surface area contributed by atoms with Crippen LogP contribution in [0.3, 0.4) is 0 Å². The molecule has 0 spiro atoms. The van der Waals surface area contributed by atoms with Crippen LogP contribution >= 0.6 is 11.6 Å². The number of halogens is 1. The molecule has 1 aliphatic carbocycles. The van der Waals surface area contributed by atoms with E-state index in [0.717, 1.165) is 29.8 Å². The lowest BCUT2D eigenvalue weighted by Crippen LogP contribution is -2.31. The van der Waals surface area contributed by atoms with E-state index < -0.39 is 6.09 Å². The van der Waals surface area contributed by atoms with Crippen molar-refractivity contribution in [2.75, 3.05) is 13.7 Å². The van der Waals surface area contributed by atoms with Gasteiger partial charge in [-0.1, -0.05) is 30.7 Å². The molecule has 2 aromatic rings. The first-order valence-corrected chi connectivity index (χ1v) is 11.3. The molecule has 6 nitrogen and oxygen atoms in total. The molecule has 31 heavy (non-hydrogen) atoms. The molecular weight excluding hydrogens is 414 g/mol. The van der Waals surface area contributed by atoms with Crippen molar-refractivity contribution in [2.45, 2.75) is 71.7 Å². The zero-order valence-electron chi connectivity index (χ0n) is 19.2. The first kappa shape index (κ1) is 23.3. The molecule has 1 aromatic heterocycles. The molecule has 1 N–H and O–H groups in total. The Morgan fingerprint density at radius 3 is 2.71 bits per heavy atom. The van der Waals surface area contributed by atoms with Gasteiger partial charge in [0.05, 0.1) is 12.1 Å². The number of hydrogen-bond acceptors (Lipinski definition) is 4. The van der Waals surface area contributed by atoms with Crippen molar-refractivity contribution in [2.24, 2.45) is 0 Å². The number of carbonyl (C=O) groups excluding carboxylic acids is 1. The van der Waals surface area contributed by atoms with E-state index >= 15 is 0 Å². The van der Waals surface area contributed by atoms with Gasteiger partial charge in [0.15, 0.2) is 5.88 Å². The normalized spacial score (nSPS) is 14.6. The Morgan fingerprint density at radius 2 is 2.10 bits per heavy atom. The number of amides is 1. The van der Waals surface area contributed by atoms with E-state index in [9.17, 15) is 4.79 Å². The van der Waals surface area contributed by atoms with E-state index in [4.69, 9.17) is 16.3 Å². The van der Waals surface area contributed by atoms with Crippen LogP contribution in [0.15, 0.2) is 36.4 Å². The Morgan fingerprint density at radius 1 is 1.35 bits per heavy atom. The summed E-state index contributed by atoms with van der Waals surface area (Å²) in [6.45, 7) is 10.3. The molecule has 0 radical (unpaired) electrons. The van der Waals surface area contributed by atoms with Crippen LogP contribution in [0, 0.1) is 0 Å². The van der Waals surface area contributed by atoms with Gasteiger partial charge in [-0.3, -0.25) is 0 Å². The predicted molar refractivity (Wildman–Crippen MR) is 125 cm³/mol. The van der Waals surface area contributed by atoms with Gasteiger partial charge in [0, 0.05) is 42.8 Å². The van der Waals surface area contributed by atoms with Gasteiger partial charge in [-0.05, 0) is 57.7 Å². The highest BCUT2D eigenvalue weighted by atomic mass is 35.5. The average Bonchev–Trinajstić information content (AvgIpc) is 3.50. The molecule has 3 rings (SSSR count). The third-order valence-corrected chi connectivity index (χ3v) is 5.42. The average molecular weight is 448 g/mol. The fraction of sp³-hybridized carbons (Fsp3) is 0.542. The predicted octanol–water partition coefficient (Wildman–Crippen LogP) is 5.68. The van der Waals surface area contributed by atoms with Gasteiger partial charge < -0.3 is 24.3 Å². The highest BCUT2D eigenvalue weighted by Gasteiger charge is 2.32. The van der Waals surface area contributed by atoms with Gasteiger partial charge in [0.25, 0.3) is 0 Å². The minimum absolute atomic E-state index is 0.243. The number of nitrogens with zero attached hydrogens (tertiary/aromatic N) is 2. The second-order valence-electron chi connectivity index (χ2n) is 8.96. The SMILES string of the molecule is CC/C=C(/OC(C)(C)C)N(Cc1ccc2c(Cl)cn(CCNC(=O)OC)c2c1)C1CC1. The number of carbonyl (C=O) groups is 1. The van der Waals surface area contributed by atoms with Crippen molar-refractivity contribution in [1.82, 2.24) is 14.8 Å². The second-order valence-corrected chi connectivity index (χ2v) is 9.37. The number of allylic oxidation sites excluding steroid dienone is 1. The van der Waals surface area contributed by atoms with Crippen LogP contribution in [0.1, 0.15) is 52.5 Å². The van der Waals surface area contributed by atoms with Crippen LogP contribution in [0.4, 0.5) is 4.79 Å². The first-order chi connectivity index (χ1) is 14.7. The van der Waals surface area contributed by atoms with Crippen molar-refractivity contribution in [1.29, 1.82) is 0 Å². The standard InChI is InChI=1S/C24H34ClN3O3/c1-6-7-22(31-24(2,3)4)28(18-9-10-18)15-17-8-11-19-20(25)16-27(21(19)14-17)13-12-26-23(29)30-5/h7-8,11,14,16,18H,6,9-10,12-13,15H2,1-5H3,(H,26,29)/b22-7+. The van der Waals surface area contributed by atoms with E-state index in [1.807, 2.05) is 6.20 Å². The number of benzene rings is 1. The van der Waals surface area contributed by atoms with Crippen molar-refractivity contribution >= 4 is 28.6 Å². The van der Waals surface area contributed by atoms with Gasteiger partial charge in [-0.15, -0.1) is 0 Å². The minimum atomic E-state index is -0.433. The lowest BCUT2D eigenvalue weighted by Gasteiger charge is -2.32. The van der Waals surface area contributed by atoms with Gasteiger partial charge in [-0.2, -0.15) is 0 Å². The Bertz CT molecular complexity index is 941. The summed E-state index contributed by atoms with van der Waals surface area (Å²) in [6.07, 6.45) is 6.98. The Balaban J connectivity index is 1.83. The minimum Gasteiger partial charge on any atom is -0.474 e. The number of hydrogen-bond donors (Lipinski definition) is 1. The Hall–Kier alpha value is -2.34. The molecule has 0 bridgehead atoms. The number of rotatable bonds is 9. The highest BCUT2D eigenvalue weighted by Crippen LogP contribution is 2.35. The molecule has 1 fully saturated rings. The van der Waals surface area contributed by atoms with E-state index in [0.29, 0.717) is 24.2 Å². The molecule has 1 amide bonds. The molecule has 1 aromatic carbocycles. The lowest BCUT2D eigenvalue weighted by molar-refractivity contribution is -0.00376. The van der Waals surface area contributed by atoms with Crippen LogP contribution in [0.25, 0.3) is 10.9 Å². The lowest BCUT2D eigenvalue weighted by atomic mass is 10.1. The van der Waals surface area contributed by atoms with Gasteiger partial charge in [0.2, 0.25) is 0 Å². The third kappa shape index (κ3) is 6.33. The Labute approximate surface area is 190 Å². The van der Waals surface area contributed by atoms with Gasteiger partial charge in [-0.25, -0.2) is 4.79 Å². The number of ether oxygens (including phenoxy) is 2. The fourth-order valence-electron chi connectivity index (χ4n) is 3.60. The largest absolute Gasteiger partial charge is 0.474 e. The quantitative estimate of drug-likeness (QED) is 0.502. The number of alkyl carbamates (subject to hydrolysis) is 1. The molecule has 0 saturated heterocycles. The van der Waals surface area contributed by atoms with Crippen molar-refractivity contribution in [3.63, 3.8) is 0 Å². The van der Waals surface area contributed by atoms with E-state index in [1.165, 1.54) is 25.5 Å². The van der Waals surface area contributed by atoms with Gasteiger partial charge in [0.1, 0.15) is 5.60 Å². The number of aromatic nitrogens is 1. The maximum Gasteiger partial charge on any atom is 0.406 e. The number of nitrogens with one attached hydrogen (secondary N) is 1. The summed E-state index contributed by atoms with van der Waals surface area (Å²) in [7, 11) is 1.36. The molecule has 1 saturated carbocycles. The smallest absolute Gasteiger partial charge is 0.406 e. The zero-order chi connectivity index (χ0) is 22.6. The maximum atomic E-state index is 11.3. The van der Waals surface area contributed by atoms with Crippen LogP contribution in [-0.2, 0) is 22.6 Å². The first-order valence-electron chi connectivity index (χ1n) is 11.0. The molecule has 7 heteroatoms. The van der Waals surface area contributed by atoms with Crippen molar-refractivity contribution < 1.29 is 14.3 Å². The summed E-state index contributed by atoms with van der Waals surface area (Å²) in [6, 6.07) is 6.93. The molecule has 1 aliphatic rings. The zero-order valence-corrected chi connectivity index (χ0v) is 20.0. The van der Waals surface area contributed by atoms with E-state index in [1.54, 1.807) is 0 Å². The summed E-state index contributed by atoms with van der Waals surface area (Å²) in [5, 5.41) is 4.44. The third-order valence-electron chi connectivity index (χ3n) is 5.12. The van der Waals surface area contributed by atoms with Crippen LogP contribution in [-0.4, -0.2) is 40.9 Å². The molecule has 0 unspecified atom stereocenters. The topological polar surface area (TPSA) is 55.7 Å². The van der Waals surface area contributed by atoms with E-state index in [2.05, 4.69) is 71.5 Å². The fourth-order valence-corrected chi connectivity index (χ4v) is 3.88. The van der Waals surface area contributed by atoms with Gasteiger partial charge >= 0.3 is 6.09 Å². The summed E-state index contributed by atoms with van der Waals surface area (Å²) >= 11 is 6.46. The van der Waals surface area contributed by atoms with Crippen molar-refractivity contribution in [3.8, 4) is 0 Å². The van der Waals surface area contributed by atoms with Crippen LogP contribution < -0.4 is 5.32 Å². The summed E-state index contributed by atoms with van der Waals surface area (Å²) in [5.41, 5.74) is 2.02. The summed E-state index contributed by atoms with van der Waals surface area (Å²) < 4.78 is 13.0. The summed E-state index contributed by atoms with van der Waals surface area (Å²) in [5.74, 6) is 0.966. The maximum absolute atomic E-state index is 11.3. The molecule has 0 atom stereocenters. The number of fused-ring (bicyclic) bond motifs is 1. The van der Waals surface area contributed by atoms with Crippen LogP contribution in [0.5, 0.6) is 0 Å². The molecule has 0 aliphatic heterocycles. The monoisotopic (exact) mass is 447 g/mol.